The summed E-state index contributed by atoms with van der Waals surface area (Å²) in [4.78, 5) is 25.8. The highest BCUT2D eigenvalue weighted by Crippen LogP contribution is 2.51. The van der Waals surface area contributed by atoms with Crippen LogP contribution in [-0.4, -0.2) is 51.1 Å². The van der Waals surface area contributed by atoms with Crippen LogP contribution in [0.4, 0.5) is 0 Å². The maximum absolute atomic E-state index is 12.9. The van der Waals surface area contributed by atoms with Gasteiger partial charge in [0.1, 0.15) is 0 Å². The van der Waals surface area contributed by atoms with E-state index >= 15 is 0 Å². The van der Waals surface area contributed by atoms with Crippen molar-refractivity contribution in [2.24, 2.45) is 5.41 Å². The van der Waals surface area contributed by atoms with Crippen LogP contribution in [0.25, 0.3) is 11.1 Å². The number of hydrogen-bond donors (Lipinski definition) is 3. The summed E-state index contributed by atoms with van der Waals surface area (Å²) in [6, 6.07) is 18.3. The standard InChI is InChI=1S/C28H34N4O4/c1-2-3-4-8-15-36-26(35)27(20-33)18-28(19-27,30-25(34)24-17-29-32-31-24)16-21-11-13-23(14-12-21)22-9-6-5-7-10-22/h5-7,9-14,17,33H,2-4,8,15-16,18-20H2,1H3,(H,30,34)(H,29,31,32). The van der Waals surface area contributed by atoms with E-state index in [4.69, 9.17) is 4.74 Å². The predicted molar refractivity (Wildman–Crippen MR) is 136 cm³/mol. The van der Waals surface area contributed by atoms with Crippen molar-refractivity contribution < 1.29 is 19.4 Å². The van der Waals surface area contributed by atoms with Crippen molar-refractivity contribution in [3.8, 4) is 11.1 Å². The van der Waals surface area contributed by atoms with Crippen molar-refractivity contribution in [3.63, 3.8) is 0 Å². The second-order valence-electron chi connectivity index (χ2n) is 9.82. The molecular weight excluding hydrogens is 456 g/mol. The zero-order chi connectivity index (χ0) is 25.4. The Balaban J connectivity index is 1.48. The maximum Gasteiger partial charge on any atom is 0.314 e. The molecule has 0 radical (unpaired) electrons. The number of unbranched alkanes of at least 4 members (excludes halogenated alkanes) is 3. The molecular formula is C28H34N4O4. The van der Waals surface area contributed by atoms with E-state index in [0.29, 0.717) is 13.0 Å². The van der Waals surface area contributed by atoms with Crippen molar-refractivity contribution >= 4 is 11.9 Å². The summed E-state index contributed by atoms with van der Waals surface area (Å²) in [6.07, 6.45) is 6.47. The minimum atomic E-state index is -1.02. The molecule has 36 heavy (non-hydrogen) atoms. The number of rotatable bonds is 12. The molecule has 190 valence electrons. The Kier molecular flexibility index (Phi) is 8.15. The highest BCUT2D eigenvalue weighted by molar-refractivity contribution is 5.93. The van der Waals surface area contributed by atoms with Crippen LogP contribution in [-0.2, 0) is 16.0 Å². The minimum Gasteiger partial charge on any atom is -0.465 e. The Morgan fingerprint density at radius 1 is 1.03 bits per heavy atom. The monoisotopic (exact) mass is 490 g/mol. The first kappa shape index (κ1) is 25.6. The van der Waals surface area contributed by atoms with Gasteiger partial charge in [0, 0.05) is 5.54 Å². The van der Waals surface area contributed by atoms with Gasteiger partial charge in [-0.15, -0.1) is 0 Å². The molecule has 0 unspecified atom stereocenters. The van der Waals surface area contributed by atoms with E-state index in [1.807, 2.05) is 30.3 Å². The number of hydrogen-bond acceptors (Lipinski definition) is 6. The van der Waals surface area contributed by atoms with E-state index in [-0.39, 0.29) is 31.0 Å². The molecule has 8 heteroatoms. The summed E-state index contributed by atoms with van der Waals surface area (Å²) < 4.78 is 5.53. The number of nitrogens with one attached hydrogen (secondary N) is 2. The van der Waals surface area contributed by atoms with Gasteiger partial charge >= 0.3 is 5.97 Å². The average molecular weight is 491 g/mol. The van der Waals surface area contributed by atoms with Gasteiger partial charge in [0.2, 0.25) is 0 Å². The van der Waals surface area contributed by atoms with E-state index in [1.54, 1.807) is 0 Å². The number of aliphatic hydroxyl groups is 1. The Morgan fingerprint density at radius 2 is 1.75 bits per heavy atom. The fraction of sp³-hybridized carbons (Fsp3) is 0.429. The summed E-state index contributed by atoms with van der Waals surface area (Å²) in [5.74, 6) is -0.767. The van der Waals surface area contributed by atoms with E-state index in [0.717, 1.165) is 42.4 Å². The van der Waals surface area contributed by atoms with Crippen LogP contribution in [0.1, 0.15) is 61.5 Å². The number of aliphatic hydroxyl groups excluding tert-OH is 1. The summed E-state index contributed by atoms with van der Waals surface area (Å²) >= 11 is 0. The van der Waals surface area contributed by atoms with Gasteiger partial charge < -0.3 is 15.2 Å². The third kappa shape index (κ3) is 5.82. The van der Waals surface area contributed by atoms with Gasteiger partial charge in [0.05, 0.1) is 24.8 Å². The Bertz CT molecular complexity index is 1120. The van der Waals surface area contributed by atoms with Crippen molar-refractivity contribution in [2.45, 2.75) is 57.4 Å². The lowest BCUT2D eigenvalue weighted by Crippen LogP contribution is -2.67. The van der Waals surface area contributed by atoms with Crippen LogP contribution in [0, 0.1) is 5.41 Å². The summed E-state index contributed by atoms with van der Waals surface area (Å²) in [6.45, 7) is 2.15. The van der Waals surface area contributed by atoms with Crippen LogP contribution in [0.3, 0.4) is 0 Å². The van der Waals surface area contributed by atoms with Crippen LogP contribution in [0.5, 0.6) is 0 Å². The molecule has 1 fully saturated rings. The van der Waals surface area contributed by atoms with Crippen LogP contribution in [0.2, 0.25) is 0 Å². The number of H-pyrrole nitrogens is 1. The number of aromatic nitrogens is 3. The second-order valence-corrected chi connectivity index (χ2v) is 9.82. The van der Waals surface area contributed by atoms with Gasteiger partial charge in [-0.25, -0.2) is 0 Å². The van der Waals surface area contributed by atoms with Crippen LogP contribution in [0.15, 0.2) is 60.8 Å². The van der Waals surface area contributed by atoms with Gasteiger partial charge in [-0.1, -0.05) is 80.8 Å². The Hall–Kier alpha value is -3.52. The number of carbonyl (C=O) groups excluding carboxylic acids is 2. The smallest absolute Gasteiger partial charge is 0.314 e. The third-order valence-electron chi connectivity index (χ3n) is 6.95. The van der Waals surface area contributed by atoms with Crippen molar-refractivity contribution in [1.29, 1.82) is 0 Å². The highest BCUT2D eigenvalue weighted by Gasteiger charge is 2.60. The first-order chi connectivity index (χ1) is 17.5. The molecule has 1 aliphatic carbocycles. The van der Waals surface area contributed by atoms with Gasteiger partial charge in [0.25, 0.3) is 5.91 Å². The van der Waals surface area contributed by atoms with Crippen molar-refractivity contribution in [1.82, 2.24) is 20.7 Å². The van der Waals surface area contributed by atoms with Crippen molar-refractivity contribution in [3.05, 3.63) is 72.1 Å². The Labute approximate surface area is 211 Å². The fourth-order valence-corrected chi connectivity index (χ4v) is 5.12. The topological polar surface area (TPSA) is 117 Å². The lowest BCUT2D eigenvalue weighted by molar-refractivity contribution is -0.173. The summed E-state index contributed by atoms with van der Waals surface area (Å²) in [5.41, 5.74) is 1.69. The summed E-state index contributed by atoms with van der Waals surface area (Å²) in [5, 5.41) is 23.3. The average Bonchev–Trinajstić information content (AvgIpc) is 3.43. The molecule has 0 aliphatic heterocycles. The molecule has 3 aromatic rings. The van der Waals surface area contributed by atoms with Crippen LogP contribution >= 0.6 is 0 Å². The van der Waals surface area contributed by atoms with E-state index in [9.17, 15) is 14.7 Å². The fourth-order valence-electron chi connectivity index (χ4n) is 5.12. The molecule has 1 heterocycles. The van der Waals surface area contributed by atoms with Gasteiger partial charge in [-0.3, -0.25) is 9.59 Å². The molecule has 0 saturated heterocycles. The number of amides is 1. The molecule has 1 saturated carbocycles. The molecule has 0 bridgehead atoms. The molecule has 1 aromatic heterocycles. The minimum absolute atomic E-state index is 0.175. The van der Waals surface area contributed by atoms with Gasteiger partial charge in [-0.2, -0.15) is 15.4 Å². The number of nitrogens with zero attached hydrogens (tertiary/aromatic N) is 2. The SMILES string of the molecule is CCCCCCOC(=O)C1(CO)CC(Cc2ccc(-c3ccccc3)cc2)(NC(=O)c2cn[nH]n2)C1. The summed E-state index contributed by atoms with van der Waals surface area (Å²) in [7, 11) is 0. The zero-order valence-corrected chi connectivity index (χ0v) is 20.7. The van der Waals surface area contributed by atoms with Crippen LogP contribution < -0.4 is 5.32 Å². The van der Waals surface area contributed by atoms with Crippen molar-refractivity contribution in [2.75, 3.05) is 13.2 Å². The Morgan fingerprint density at radius 3 is 2.39 bits per heavy atom. The second kappa shape index (κ2) is 11.5. The first-order valence-corrected chi connectivity index (χ1v) is 12.6. The lowest BCUT2D eigenvalue weighted by Gasteiger charge is -2.54. The van der Waals surface area contributed by atoms with E-state index in [1.165, 1.54) is 6.20 Å². The molecule has 0 spiro atoms. The number of benzene rings is 2. The number of carbonyl (C=O) groups is 2. The molecule has 4 rings (SSSR count). The van der Waals surface area contributed by atoms with Gasteiger partial charge in [-0.05, 0) is 42.4 Å². The molecule has 0 atom stereocenters. The largest absolute Gasteiger partial charge is 0.465 e. The number of aromatic amines is 1. The van der Waals surface area contributed by atoms with E-state index in [2.05, 4.69) is 51.9 Å². The lowest BCUT2D eigenvalue weighted by atomic mass is 9.55. The quantitative estimate of drug-likeness (QED) is 0.260. The zero-order valence-electron chi connectivity index (χ0n) is 20.7. The third-order valence-corrected chi connectivity index (χ3v) is 6.95. The molecule has 8 nitrogen and oxygen atoms in total. The first-order valence-electron chi connectivity index (χ1n) is 12.6. The molecule has 2 aromatic carbocycles. The molecule has 1 amide bonds. The van der Waals surface area contributed by atoms with Gasteiger partial charge in [0.15, 0.2) is 5.69 Å². The molecule has 1 aliphatic rings. The highest BCUT2D eigenvalue weighted by atomic mass is 16.5. The molecule has 3 N–H and O–H groups in total. The predicted octanol–water partition coefficient (Wildman–Crippen LogP) is 4.08. The number of ether oxygens (including phenoxy) is 1. The maximum atomic E-state index is 12.9. The van der Waals surface area contributed by atoms with E-state index < -0.39 is 16.9 Å². The normalized spacial score (nSPS) is 20.9. The number of esters is 1.